The van der Waals surface area contributed by atoms with Gasteiger partial charge in [0, 0.05) is 13.2 Å². The van der Waals surface area contributed by atoms with Gasteiger partial charge in [0.1, 0.15) is 0 Å². The van der Waals surface area contributed by atoms with Gasteiger partial charge >= 0.3 is 0 Å². The molecule has 0 aromatic heterocycles. The molecule has 2 saturated heterocycles. The van der Waals surface area contributed by atoms with Crippen molar-refractivity contribution in [3.8, 4) is 0 Å². The number of nitrogens with one attached hydrogen (secondary N) is 1. The Morgan fingerprint density at radius 1 is 1.30 bits per heavy atom. The van der Waals surface area contributed by atoms with Crippen LogP contribution in [-0.4, -0.2) is 25.8 Å². The maximum Gasteiger partial charge on any atom is 0.0627 e. The molecule has 2 heterocycles. The lowest BCUT2D eigenvalue weighted by molar-refractivity contribution is -0.0406. The third-order valence-electron chi connectivity index (χ3n) is 2.59. The van der Waals surface area contributed by atoms with Gasteiger partial charge in [-0.1, -0.05) is 0 Å². The molecule has 0 amide bonds. The monoisotopic (exact) mass is 141 g/mol. The van der Waals surface area contributed by atoms with Gasteiger partial charge < -0.3 is 10.1 Å². The number of hydrogen-bond acceptors (Lipinski definition) is 2. The first kappa shape index (κ1) is 6.62. The average molecular weight is 141 g/mol. The molecular formula is C8H15NO. The molecule has 2 aliphatic heterocycles. The van der Waals surface area contributed by atoms with E-state index < -0.39 is 0 Å². The van der Waals surface area contributed by atoms with Crippen LogP contribution >= 0.6 is 0 Å². The molecule has 10 heavy (non-hydrogen) atoms. The lowest BCUT2D eigenvalue weighted by Crippen LogP contribution is -2.43. The Bertz CT molecular complexity index is 89.8. The first-order valence-corrected chi connectivity index (χ1v) is 4.29. The van der Waals surface area contributed by atoms with Crippen molar-refractivity contribution in [3.05, 3.63) is 0 Å². The minimum atomic E-state index is 0.593. The number of ether oxygens (including phenoxy) is 1. The van der Waals surface area contributed by atoms with Crippen LogP contribution in [-0.2, 0) is 4.74 Å². The molecule has 1 N–H and O–H groups in total. The van der Waals surface area contributed by atoms with Crippen molar-refractivity contribution < 1.29 is 4.74 Å². The van der Waals surface area contributed by atoms with E-state index in [1.165, 1.54) is 25.8 Å². The summed E-state index contributed by atoms with van der Waals surface area (Å²) in [5, 5.41) is 3.40. The predicted molar refractivity (Wildman–Crippen MR) is 40.0 cm³/mol. The van der Waals surface area contributed by atoms with Gasteiger partial charge in [0.25, 0.3) is 0 Å². The second-order valence-electron chi connectivity index (χ2n) is 3.30. The lowest BCUT2D eigenvalue weighted by Gasteiger charge is -2.35. The largest absolute Gasteiger partial charge is 0.378 e. The van der Waals surface area contributed by atoms with E-state index in [2.05, 4.69) is 5.32 Å². The van der Waals surface area contributed by atoms with Gasteiger partial charge in [-0.3, -0.25) is 0 Å². The van der Waals surface area contributed by atoms with Crippen molar-refractivity contribution in [3.63, 3.8) is 0 Å². The van der Waals surface area contributed by atoms with Crippen LogP contribution in [0.3, 0.4) is 0 Å². The van der Waals surface area contributed by atoms with Crippen molar-refractivity contribution in [1.82, 2.24) is 5.32 Å². The van der Waals surface area contributed by atoms with Crippen molar-refractivity contribution >= 4 is 0 Å². The molecule has 0 aromatic carbocycles. The highest BCUT2D eigenvalue weighted by Gasteiger charge is 2.27. The Balaban J connectivity index is 1.93. The second-order valence-corrected chi connectivity index (χ2v) is 3.30. The van der Waals surface area contributed by atoms with Crippen LogP contribution in [0.2, 0.25) is 0 Å². The highest BCUT2D eigenvalue weighted by Crippen LogP contribution is 2.24. The molecule has 2 heteroatoms. The minimum Gasteiger partial charge on any atom is -0.378 e. The summed E-state index contributed by atoms with van der Waals surface area (Å²) in [5.74, 6) is 0.822. The second kappa shape index (κ2) is 2.89. The van der Waals surface area contributed by atoms with E-state index in [1.807, 2.05) is 0 Å². The van der Waals surface area contributed by atoms with Gasteiger partial charge in [-0.2, -0.15) is 0 Å². The summed E-state index contributed by atoms with van der Waals surface area (Å²) in [6, 6.07) is 0. The molecule has 0 spiro atoms. The zero-order valence-corrected chi connectivity index (χ0v) is 6.31. The summed E-state index contributed by atoms with van der Waals surface area (Å²) in [7, 11) is 0. The van der Waals surface area contributed by atoms with Crippen LogP contribution in [0.5, 0.6) is 0 Å². The van der Waals surface area contributed by atoms with Gasteiger partial charge in [0.2, 0.25) is 0 Å². The van der Waals surface area contributed by atoms with Crippen LogP contribution in [0.4, 0.5) is 0 Å². The summed E-state index contributed by atoms with van der Waals surface area (Å²) >= 11 is 0. The molecule has 0 unspecified atom stereocenters. The summed E-state index contributed by atoms with van der Waals surface area (Å²) < 4.78 is 5.64. The molecule has 0 aliphatic carbocycles. The SMILES string of the molecule is C1CO[C@H]2CCNC[C@@H]2C1. The quantitative estimate of drug-likeness (QED) is 0.538. The van der Waals surface area contributed by atoms with Gasteiger partial charge in [-0.25, -0.2) is 0 Å². The Hall–Kier alpha value is -0.0800. The minimum absolute atomic E-state index is 0.593. The van der Waals surface area contributed by atoms with Crippen LogP contribution < -0.4 is 5.32 Å². The van der Waals surface area contributed by atoms with Gasteiger partial charge in [0.05, 0.1) is 6.10 Å². The van der Waals surface area contributed by atoms with E-state index in [0.717, 1.165) is 19.1 Å². The number of hydrogen-bond donors (Lipinski definition) is 1. The fourth-order valence-electron chi connectivity index (χ4n) is 1.99. The smallest absolute Gasteiger partial charge is 0.0627 e. The van der Waals surface area contributed by atoms with E-state index in [9.17, 15) is 0 Å². The molecule has 0 bridgehead atoms. The fraction of sp³-hybridized carbons (Fsp3) is 1.00. The fourth-order valence-corrected chi connectivity index (χ4v) is 1.99. The van der Waals surface area contributed by atoms with Crippen LogP contribution in [0.25, 0.3) is 0 Å². The number of piperidine rings is 1. The van der Waals surface area contributed by atoms with E-state index in [0.29, 0.717) is 6.10 Å². The highest BCUT2D eigenvalue weighted by molar-refractivity contribution is 4.80. The van der Waals surface area contributed by atoms with Gasteiger partial charge in [0.15, 0.2) is 0 Å². The molecule has 2 atom stereocenters. The molecular weight excluding hydrogens is 126 g/mol. The summed E-state index contributed by atoms with van der Waals surface area (Å²) in [6.07, 6.45) is 4.46. The number of fused-ring (bicyclic) bond motifs is 1. The molecule has 2 aliphatic rings. The van der Waals surface area contributed by atoms with Crippen LogP contribution in [0.1, 0.15) is 19.3 Å². The summed E-state index contributed by atoms with van der Waals surface area (Å²) in [4.78, 5) is 0. The van der Waals surface area contributed by atoms with E-state index in [4.69, 9.17) is 4.74 Å². The summed E-state index contributed by atoms with van der Waals surface area (Å²) in [6.45, 7) is 3.34. The predicted octanol–water partition coefficient (Wildman–Crippen LogP) is 0.775. The molecule has 58 valence electrons. The lowest BCUT2D eigenvalue weighted by atomic mass is 9.90. The zero-order chi connectivity index (χ0) is 6.81. The summed E-state index contributed by atoms with van der Waals surface area (Å²) in [5.41, 5.74) is 0. The Morgan fingerprint density at radius 3 is 3.20 bits per heavy atom. The molecule has 0 saturated carbocycles. The Labute approximate surface area is 61.9 Å². The molecule has 2 fully saturated rings. The first-order chi connectivity index (χ1) is 4.97. The van der Waals surface area contributed by atoms with Crippen molar-refractivity contribution in [1.29, 1.82) is 0 Å². The third-order valence-corrected chi connectivity index (χ3v) is 2.59. The van der Waals surface area contributed by atoms with E-state index in [-0.39, 0.29) is 0 Å². The standard InChI is InChI=1S/C8H15NO/c1-2-7-6-9-4-3-8(7)10-5-1/h7-9H,1-6H2/t7-,8-/m0/s1. The number of rotatable bonds is 0. The maximum absolute atomic E-state index is 5.64. The maximum atomic E-state index is 5.64. The van der Waals surface area contributed by atoms with Crippen molar-refractivity contribution in [2.24, 2.45) is 5.92 Å². The van der Waals surface area contributed by atoms with Gasteiger partial charge in [-0.05, 0) is 31.7 Å². The molecule has 0 aromatic rings. The Morgan fingerprint density at radius 2 is 2.30 bits per heavy atom. The van der Waals surface area contributed by atoms with E-state index >= 15 is 0 Å². The zero-order valence-electron chi connectivity index (χ0n) is 6.31. The molecule has 0 radical (unpaired) electrons. The topological polar surface area (TPSA) is 21.3 Å². The third kappa shape index (κ3) is 1.18. The highest BCUT2D eigenvalue weighted by atomic mass is 16.5. The molecule has 2 rings (SSSR count). The van der Waals surface area contributed by atoms with E-state index in [1.54, 1.807) is 0 Å². The van der Waals surface area contributed by atoms with Crippen LogP contribution in [0, 0.1) is 5.92 Å². The van der Waals surface area contributed by atoms with Crippen molar-refractivity contribution in [2.75, 3.05) is 19.7 Å². The normalized spacial score (nSPS) is 40.8. The Kier molecular flexibility index (Phi) is 1.91. The van der Waals surface area contributed by atoms with Crippen molar-refractivity contribution in [2.45, 2.75) is 25.4 Å². The first-order valence-electron chi connectivity index (χ1n) is 4.29. The van der Waals surface area contributed by atoms with Gasteiger partial charge in [-0.15, -0.1) is 0 Å². The van der Waals surface area contributed by atoms with Crippen LogP contribution in [0.15, 0.2) is 0 Å². The average Bonchev–Trinajstić information content (AvgIpc) is 2.05. The molecule has 2 nitrogen and oxygen atoms in total.